The molecule has 3 atom stereocenters. The van der Waals surface area contributed by atoms with Crippen LogP contribution in [0.3, 0.4) is 0 Å². The smallest absolute Gasteiger partial charge is 0.126 e. The molecule has 3 fully saturated rings. The summed E-state index contributed by atoms with van der Waals surface area (Å²) >= 11 is 0. The van der Waals surface area contributed by atoms with Gasteiger partial charge in [-0.3, -0.25) is 0 Å². The molecule has 0 radical (unpaired) electrons. The normalized spacial score (nSPS) is 41.5. The van der Waals surface area contributed by atoms with Gasteiger partial charge in [-0.25, -0.2) is 8.78 Å². The average Bonchev–Trinajstić information content (AvgIpc) is 2.55. The number of alkyl halides is 2. The molecule has 3 unspecified atom stereocenters. The van der Waals surface area contributed by atoms with E-state index in [1.807, 2.05) is 0 Å². The second-order valence-electron chi connectivity index (χ2n) is 7.98. The first kappa shape index (κ1) is 16.7. The Bertz CT molecular complexity index is 321. The fraction of sp³-hybridized carbons (Fsp3) is 1.00. The maximum absolute atomic E-state index is 14.5. The van der Waals surface area contributed by atoms with Gasteiger partial charge in [0.15, 0.2) is 0 Å². The lowest BCUT2D eigenvalue weighted by Gasteiger charge is -2.38. The van der Waals surface area contributed by atoms with Crippen LogP contribution in [-0.2, 0) is 4.74 Å². The number of rotatable bonds is 4. The van der Waals surface area contributed by atoms with Crippen LogP contribution in [0.1, 0.15) is 77.0 Å². The van der Waals surface area contributed by atoms with Crippen LogP contribution in [-0.4, -0.2) is 25.1 Å². The van der Waals surface area contributed by atoms with E-state index in [2.05, 4.69) is 0 Å². The number of halogens is 2. The monoisotopic (exact) mass is 314 g/mol. The minimum Gasteiger partial charge on any atom is -0.375 e. The molecule has 0 amide bonds. The number of hydrogen-bond donors (Lipinski definition) is 0. The minimum absolute atomic E-state index is 0.171. The molecule has 22 heavy (non-hydrogen) atoms. The molecular weight excluding hydrogens is 282 g/mol. The van der Waals surface area contributed by atoms with Crippen molar-refractivity contribution in [3.8, 4) is 0 Å². The fourth-order valence-electron chi connectivity index (χ4n) is 4.90. The lowest BCUT2D eigenvalue weighted by molar-refractivity contribution is -0.0605. The molecule has 0 aliphatic heterocycles. The minimum atomic E-state index is -0.801. The largest absolute Gasteiger partial charge is 0.375 e. The molecule has 1 nitrogen and oxygen atoms in total. The molecule has 3 aliphatic rings. The van der Waals surface area contributed by atoms with Gasteiger partial charge in [-0.2, -0.15) is 0 Å². The summed E-state index contributed by atoms with van der Waals surface area (Å²) in [6.45, 7) is 0.767. The van der Waals surface area contributed by atoms with Gasteiger partial charge in [0.05, 0.1) is 6.10 Å². The highest BCUT2D eigenvalue weighted by atomic mass is 19.1. The van der Waals surface area contributed by atoms with Gasteiger partial charge in [0.2, 0.25) is 0 Å². The van der Waals surface area contributed by atoms with E-state index in [4.69, 9.17) is 4.74 Å². The SMILES string of the molecule is FC1CCC(C2CCC(OCC3CCCCC3)C(F)C2)CC1. The third kappa shape index (κ3) is 4.43. The van der Waals surface area contributed by atoms with Crippen molar-refractivity contribution in [3.63, 3.8) is 0 Å². The van der Waals surface area contributed by atoms with Crippen LogP contribution < -0.4 is 0 Å². The van der Waals surface area contributed by atoms with Crippen molar-refractivity contribution in [2.75, 3.05) is 6.61 Å². The zero-order valence-electron chi connectivity index (χ0n) is 13.8. The summed E-state index contributed by atoms with van der Waals surface area (Å²) in [6.07, 6.45) is 10.9. The Morgan fingerprint density at radius 3 is 2.09 bits per heavy atom. The van der Waals surface area contributed by atoms with Crippen molar-refractivity contribution < 1.29 is 13.5 Å². The Morgan fingerprint density at radius 1 is 0.727 bits per heavy atom. The summed E-state index contributed by atoms with van der Waals surface area (Å²) in [7, 11) is 0. The van der Waals surface area contributed by atoms with Crippen LogP contribution in [0.25, 0.3) is 0 Å². The van der Waals surface area contributed by atoms with Crippen molar-refractivity contribution in [3.05, 3.63) is 0 Å². The van der Waals surface area contributed by atoms with Crippen LogP contribution in [0, 0.1) is 17.8 Å². The fourth-order valence-corrected chi connectivity index (χ4v) is 4.90. The van der Waals surface area contributed by atoms with Gasteiger partial charge < -0.3 is 4.74 Å². The summed E-state index contributed by atoms with van der Waals surface area (Å²) in [5.41, 5.74) is 0. The number of hydrogen-bond acceptors (Lipinski definition) is 1. The lowest BCUT2D eigenvalue weighted by atomic mass is 9.72. The molecule has 0 spiro atoms. The van der Waals surface area contributed by atoms with Gasteiger partial charge in [0, 0.05) is 6.61 Å². The van der Waals surface area contributed by atoms with Gasteiger partial charge >= 0.3 is 0 Å². The van der Waals surface area contributed by atoms with Crippen LogP contribution in [0.5, 0.6) is 0 Å². The molecule has 0 aromatic heterocycles. The molecule has 0 heterocycles. The van der Waals surface area contributed by atoms with E-state index < -0.39 is 12.3 Å². The van der Waals surface area contributed by atoms with Crippen molar-refractivity contribution in [2.45, 2.75) is 95.5 Å². The standard InChI is InChI=1S/C19H32F2O/c20-17-9-6-15(7-10-17)16-8-11-19(18(21)12-16)22-13-14-4-2-1-3-5-14/h14-19H,1-13H2. The van der Waals surface area contributed by atoms with Crippen LogP contribution in [0.2, 0.25) is 0 Å². The molecule has 0 saturated heterocycles. The second-order valence-corrected chi connectivity index (χ2v) is 7.98. The van der Waals surface area contributed by atoms with Gasteiger partial charge in [-0.1, -0.05) is 19.3 Å². The van der Waals surface area contributed by atoms with Gasteiger partial charge in [-0.05, 0) is 75.5 Å². The zero-order chi connectivity index (χ0) is 15.4. The average molecular weight is 314 g/mol. The Hall–Kier alpha value is -0.180. The summed E-state index contributed by atoms with van der Waals surface area (Å²) in [5, 5.41) is 0. The summed E-state index contributed by atoms with van der Waals surface area (Å²) < 4.78 is 33.7. The highest BCUT2D eigenvalue weighted by molar-refractivity contribution is 4.87. The zero-order valence-corrected chi connectivity index (χ0v) is 13.8. The van der Waals surface area contributed by atoms with Crippen molar-refractivity contribution >= 4 is 0 Å². The van der Waals surface area contributed by atoms with Crippen LogP contribution in [0.4, 0.5) is 8.78 Å². The Kier molecular flexibility index (Phi) is 6.12. The molecule has 3 aliphatic carbocycles. The van der Waals surface area contributed by atoms with E-state index in [1.165, 1.54) is 32.1 Å². The molecular formula is C19H32F2O. The molecule has 0 aromatic carbocycles. The van der Waals surface area contributed by atoms with E-state index in [0.717, 1.165) is 32.3 Å². The van der Waals surface area contributed by atoms with Crippen molar-refractivity contribution in [1.82, 2.24) is 0 Å². The summed E-state index contributed by atoms with van der Waals surface area (Å²) in [6, 6.07) is 0. The van der Waals surface area contributed by atoms with Crippen molar-refractivity contribution in [2.24, 2.45) is 17.8 Å². The third-order valence-corrected chi connectivity index (χ3v) is 6.39. The Morgan fingerprint density at radius 2 is 1.41 bits per heavy atom. The van der Waals surface area contributed by atoms with E-state index in [-0.39, 0.29) is 6.10 Å². The molecule has 3 saturated carbocycles. The molecule has 128 valence electrons. The Balaban J connectivity index is 1.39. The van der Waals surface area contributed by atoms with E-state index in [1.54, 1.807) is 0 Å². The molecule has 3 rings (SSSR count). The highest BCUT2D eigenvalue weighted by Gasteiger charge is 2.36. The predicted octanol–water partition coefficient (Wildman–Crippen LogP) is 5.62. The first-order valence-corrected chi connectivity index (χ1v) is 9.62. The summed E-state index contributed by atoms with van der Waals surface area (Å²) in [4.78, 5) is 0. The maximum Gasteiger partial charge on any atom is 0.126 e. The highest BCUT2D eigenvalue weighted by Crippen LogP contribution is 2.40. The molecule has 3 heteroatoms. The van der Waals surface area contributed by atoms with Gasteiger partial charge in [0.1, 0.15) is 12.3 Å². The maximum atomic E-state index is 14.5. The quantitative estimate of drug-likeness (QED) is 0.654. The predicted molar refractivity (Wildman–Crippen MR) is 85.4 cm³/mol. The van der Waals surface area contributed by atoms with Crippen molar-refractivity contribution in [1.29, 1.82) is 0 Å². The Labute approximate surface area is 134 Å². The number of ether oxygens (including phenoxy) is 1. The van der Waals surface area contributed by atoms with E-state index in [9.17, 15) is 8.78 Å². The third-order valence-electron chi connectivity index (χ3n) is 6.39. The molecule has 0 N–H and O–H groups in total. The van der Waals surface area contributed by atoms with Crippen LogP contribution in [0.15, 0.2) is 0 Å². The first-order valence-electron chi connectivity index (χ1n) is 9.62. The van der Waals surface area contributed by atoms with Crippen LogP contribution >= 0.6 is 0 Å². The second kappa shape index (κ2) is 8.08. The lowest BCUT2D eigenvalue weighted by Crippen LogP contribution is -2.37. The van der Waals surface area contributed by atoms with E-state index >= 15 is 0 Å². The molecule has 0 aromatic rings. The molecule has 0 bridgehead atoms. The van der Waals surface area contributed by atoms with Gasteiger partial charge in [0.25, 0.3) is 0 Å². The topological polar surface area (TPSA) is 9.23 Å². The first-order chi connectivity index (χ1) is 10.7. The summed E-state index contributed by atoms with van der Waals surface area (Å²) in [5.74, 6) is 1.69. The van der Waals surface area contributed by atoms with E-state index in [0.29, 0.717) is 37.0 Å². The van der Waals surface area contributed by atoms with Gasteiger partial charge in [-0.15, -0.1) is 0 Å².